The van der Waals surface area contributed by atoms with Crippen LogP contribution in [0.25, 0.3) is 0 Å². The van der Waals surface area contributed by atoms with Gasteiger partial charge in [-0.25, -0.2) is 0 Å². The normalized spacial score (nSPS) is 25.0. The van der Waals surface area contributed by atoms with Gasteiger partial charge in [0.25, 0.3) is 0 Å². The molecular formula is C16H23NO2. The number of ether oxygens (including phenoxy) is 1. The molecule has 1 aromatic carbocycles. The molecule has 1 saturated heterocycles. The average Bonchev–Trinajstić information content (AvgIpc) is 3.04. The molecule has 3 heteroatoms. The number of aliphatic hydroxyl groups is 1. The van der Waals surface area contributed by atoms with Gasteiger partial charge in [-0.3, -0.25) is 4.90 Å². The lowest BCUT2D eigenvalue weighted by atomic mass is 10.2. The van der Waals surface area contributed by atoms with Crippen molar-refractivity contribution in [1.82, 2.24) is 4.90 Å². The summed E-state index contributed by atoms with van der Waals surface area (Å²) in [4.78, 5) is 2.31. The molecule has 1 atom stereocenters. The van der Waals surface area contributed by atoms with Crippen LogP contribution >= 0.6 is 0 Å². The Morgan fingerprint density at radius 3 is 2.68 bits per heavy atom. The number of aliphatic hydroxyl groups excluding tert-OH is 1. The first-order valence-electron chi connectivity index (χ1n) is 7.46. The second-order valence-corrected chi connectivity index (χ2v) is 5.81. The van der Waals surface area contributed by atoms with Crippen molar-refractivity contribution in [3.63, 3.8) is 0 Å². The van der Waals surface area contributed by atoms with E-state index in [1.54, 1.807) is 0 Å². The highest BCUT2D eigenvalue weighted by molar-refractivity contribution is 5.33. The van der Waals surface area contributed by atoms with Gasteiger partial charge in [-0.05, 0) is 38.2 Å². The molecule has 1 aliphatic carbocycles. The molecule has 2 aliphatic rings. The third kappa shape index (κ3) is 3.28. The Kier molecular flexibility index (Phi) is 4.04. The van der Waals surface area contributed by atoms with Gasteiger partial charge >= 0.3 is 0 Å². The van der Waals surface area contributed by atoms with Crippen molar-refractivity contribution in [2.24, 2.45) is 0 Å². The Morgan fingerprint density at radius 2 is 1.95 bits per heavy atom. The summed E-state index contributed by atoms with van der Waals surface area (Å²) in [6.07, 6.45) is 6.13. The van der Waals surface area contributed by atoms with Gasteiger partial charge in [0.1, 0.15) is 5.75 Å². The van der Waals surface area contributed by atoms with E-state index >= 15 is 0 Å². The lowest BCUT2D eigenvalue weighted by Crippen LogP contribution is -2.22. The predicted octanol–water partition coefficient (Wildman–Crippen LogP) is 2.57. The molecular weight excluding hydrogens is 238 g/mol. The molecule has 0 amide bonds. The molecule has 0 unspecified atom stereocenters. The zero-order valence-corrected chi connectivity index (χ0v) is 11.4. The number of rotatable bonds is 4. The standard InChI is InChI=1S/C16H23NO2/c18-14-9-10-17(12-14)11-13-5-1-4-8-16(13)19-15-6-2-3-7-15/h1,4-5,8,14-15,18H,2-3,6-7,9-12H2/t14-/m1/s1. The van der Waals surface area contributed by atoms with E-state index in [0.29, 0.717) is 6.10 Å². The highest BCUT2D eigenvalue weighted by Crippen LogP contribution is 2.28. The summed E-state index contributed by atoms with van der Waals surface area (Å²) in [6.45, 7) is 2.66. The zero-order valence-electron chi connectivity index (χ0n) is 11.4. The van der Waals surface area contributed by atoms with Crippen LogP contribution in [0.2, 0.25) is 0 Å². The van der Waals surface area contributed by atoms with Crippen molar-refractivity contribution in [3.05, 3.63) is 29.8 Å². The molecule has 104 valence electrons. The first kappa shape index (κ1) is 12.9. The van der Waals surface area contributed by atoms with Gasteiger partial charge in [-0.2, -0.15) is 0 Å². The summed E-state index contributed by atoms with van der Waals surface area (Å²) >= 11 is 0. The molecule has 0 aromatic heterocycles. The Labute approximate surface area is 115 Å². The first-order valence-corrected chi connectivity index (χ1v) is 7.46. The highest BCUT2D eigenvalue weighted by atomic mass is 16.5. The molecule has 3 rings (SSSR count). The number of benzene rings is 1. The number of β-amino-alcohol motifs (C(OH)–C–C–N with tert-alkyl or cyclic N) is 1. The van der Waals surface area contributed by atoms with Crippen LogP contribution in [0.4, 0.5) is 0 Å². The Bertz CT molecular complexity index is 415. The number of hydrogen-bond acceptors (Lipinski definition) is 3. The van der Waals surface area contributed by atoms with Crippen LogP contribution in [0, 0.1) is 0 Å². The lowest BCUT2D eigenvalue weighted by Gasteiger charge is -2.20. The van der Waals surface area contributed by atoms with Gasteiger partial charge in [0.15, 0.2) is 0 Å². The lowest BCUT2D eigenvalue weighted by molar-refractivity contribution is 0.172. The second-order valence-electron chi connectivity index (χ2n) is 5.81. The van der Waals surface area contributed by atoms with Gasteiger partial charge in [0.05, 0.1) is 12.2 Å². The van der Waals surface area contributed by atoms with Crippen LogP contribution in [-0.2, 0) is 6.54 Å². The minimum absolute atomic E-state index is 0.150. The SMILES string of the molecule is O[C@@H]1CCN(Cc2ccccc2OC2CCCC2)C1. The third-order valence-corrected chi connectivity index (χ3v) is 4.21. The summed E-state index contributed by atoms with van der Waals surface area (Å²) in [5.41, 5.74) is 1.25. The van der Waals surface area contributed by atoms with Crippen molar-refractivity contribution < 1.29 is 9.84 Å². The van der Waals surface area contributed by atoms with Crippen LogP contribution in [0.3, 0.4) is 0 Å². The van der Waals surface area contributed by atoms with Crippen molar-refractivity contribution in [2.75, 3.05) is 13.1 Å². The topological polar surface area (TPSA) is 32.7 Å². The van der Waals surface area contributed by atoms with E-state index < -0.39 is 0 Å². The predicted molar refractivity (Wildman–Crippen MR) is 75.2 cm³/mol. The molecule has 1 saturated carbocycles. The molecule has 0 bridgehead atoms. The smallest absolute Gasteiger partial charge is 0.124 e. The van der Waals surface area contributed by atoms with Gasteiger partial charge in [-0.15, -0.1) is 0 Å². The Balaban J connectivity index is 1.66. The molecule has 0 radical (unpaired) electrons. The third-order valence-electron chi connectivity index (χ3n) is 4.21. The van der Waals surface area contributed by atoms with Crippen molar-refractivity contribution in [3.8, 4) is 5.75 Å². The number of nitrogens with zero attached hydrogens (tertiary/aromatic N) is 1. The van der Waals surface area contributed by atoms with Gasteiger partial charge in [0.2, 0.25) is 0 Å². The Morgan fingerprint density at radius 1 is 1.16 bits per heavy atom. The molecule has 1 N–H and O–H groups in total. The maximum absolute atomic E-state index is 9.60. The van der Waals surface area contributed by atoms with E-state index in [9.17, 15) is 5.11 Å². The minimum Gasteiger partial charge on any atom is -0.490 e. The molecule has 1 heterocycles. The second kappa shape index (κ2) is 5.93. The van der Waals surface area contributed by atoms with Crippen LogP contribution in [0.15, 0.2) is 24.3 Å². The summed E-state index contributed by atoms with van der Waals surface area (Å²) in [5, 5.41) is 9.60. The quantitative estimate of drug-likeness (QED) is 0.904. The zero-order chi connectivity index (χ0) is 13.1. The summed E-state index contributed by atoms with van der Waals surface area (Å²) in [6, 6.07) is 8.35. The molecule has 19 heavy (non-hydrogen) atoms. The maximum atomic E-state index is 9.60. The molecule has 2 fully saturated rings. The average molecular weight is 261 g/mol. The molecule has 3 nitrogen and oxygen atoms in total. The van der Waals surface area contributed by atoms with E-state index in [1.165, 1.54) is 31.2 Å². The molecule has 0 spiro atoms. The van der Waals surface area contributed by atoms with Crippen LogP contribution in [-0.4, -0.2) is 35.3 Å². The van der Waals surface area contributed by atoms with E-state index in [0.717, 1.165) is 31.8 Å². The fourth-order valence-corrected chi connectivity index (χ4v) is 3.13. The maximum Gasteiger partial charge on any atom is 0.124 e. The highest BCUT2D eigenvalue weighted by Gasteiger charge is 2.22. The molecule has 1 aromatic rings. The van der Waals surface area contributed by atoms with E-state index in [2.05, 4.69) is 23.1 Å². The van der Waals surface area contributed by atoms with Gasteiger partial charge in [-0.1, -0.05) is 18.2 Å². The van der Waals surface area contributed by atoms with Crippen LogP contribution < -0.4 is 4.74 Å². The summed E-state index contributed by atoms with van der Waals surface area (Å²) in [7, 11) is 0. The van der Waals surface area contributed by atoms with Gasteiger partial charge < -0.3 is 9.84 Å². The number of hydrogen-bond donors (Lipinski definition) is 1. The van der Waals surface area contributed by atoms with Gasteiger partial charge in [0, 0.05) is 25.2 Å². The monoisotopic (exact) mass is 261 g/mol. The van der Waals surface area contributed by atoms with E-state index in [-0.39, 0.29) is 6.10 Å². The summed E-state index contributed by atoms with van der Waals surface area (Å²) < 4.78 is 6.15. The first-order chi connectivity index (χ1) is 9.31. The largest absolute Gasteiger partial charge is 0.490 e. The fourth-order valence-electron chi connectivity index (χ4n) is 3.13. The minimum atomic E-state index is -0.150. The fraction of sp³-hybridized carbons (Fsp3) is 0.625. The van der Waals surface area contributed by atoms with Crippen LogP contribution in [0.5, 0.6) is 5.75 Å². The number of likely N-dealkylation sites (tertiary alicyclic amines) is 1. The van der Waals surface area contributed by atoms with E-state index in [1.807, 2.05) is 6.07 Å². The van der Waals surface area contributed by atoms with Crippen LogP contribution in [0.1, 0.15) is 37.7 Å². The van der Waals surface area contributed by atoms with E-state index in [4.69, 9.17) is 4.74 Å². The van der Waals surface area contributed by atoms with Crippen molar-refractivity contribution in [1.29, 1.82) is 0 Å². The van der Waals surface area contributed by atoms with Crippen molar-refractivity contribution >= 4 is 0 Å². The Hall–Kier alpha value is -1.06. The summed E-state index contributed by atoms with van der Waals surface area (Å²) in [5.74, 6) is 1.04. The van der Waals surface area contributed by atoms with Crippen molar-refractivity contribution in [2.45, 2.75) is 50.9 Å². The number of para-hydroxylation sites is 1. The molecule has 1 aliphatic heterocycles.